The van der Waals surface area contributed by atoms with Crippen molar-refractivity contribution in [1.82, 2.24) is 4.31 Å². The number of thiol groups is 1. The van der Waals surface area contributed by atoms with Gasteiger partial charge in [-0.05, 0) is 5.56 Å². The first-order chi connectivity index (χ1) is 5.22. The summed E-state index contributed by atoms with van der Waals surface area (Å²) in [5.74, 6) is 0. The smallest absolute Gasteiger partial charge is 0.0464 e. The van der Waals surface area contributed by atoms with Gasteiger partial charge in [0.2, 0.25) is 0 Å². The van der Waals surface area contributed by atoms with Crippen LogP contribution >= 0.6 is 12.8 Å². The lowest BCUT2D eigenvalue weighted by molar-refractivity contribution is 0.820. The lowest BCUT2D eigenvalue weighted by Gasteiger charge is -2.13. The van der Waals surface area contributed by atoms with Crippen LogP contribution in [0.4, 0.5) is 0 Å². The Balaban J connectivity index is 2.86. The van der Waals surface area contributed by atoms with E-state index in [2.05, 4.69) is 19.4 Å². The zero-order chi connectivity index (χ0) is 8.27. The molecule has 0 atom stereocenters. The van der Waals surface area contributed by atoms with E-state index in [-0.39, 0.29) is 0 Å². The van der Waals surface area contributed by atoms with Gasteiger partial charge < -0.3 is 4.31 Å². The summed E-state index contributed by atoms with van der Waals surface area (Å²) in [5, 5.41) is 0. The van der Waals surface area contributed by atoms with E-state index in [1.807, 2.05) is 37.4 Å². The third-order valence-electron chi connectivity index (χ3n) is 1.50. The van der Waals surface area contributed by atoms with E-state index in [1.165, 1.54) is 0 Å². The fourth-order valence-electron chi connectivity index (χ4n) is 0.817. The van der Waals surface area contributed by atoms with Gasteiger partial charge in [0.1, 0.15) is 0 Å². The first-order valence-corrected chi connectivity index (χ1v) is 3.79. The Morgan fingerprint density at radius 1 is 1.36 bits per heavy atom. The molecule has 1 aromatic rings. The first-order valence-electron chi connectivity index (χ1n) is 3.39. The molecule has 0 aliphatic rings. The minimum atomic E-state index is 0.911. The van der Waals surface area contributed by atoms with E-state index in [4.69, 9.17) is 0 Å². The quantitative estimate of drug-likeness (QED) is 0.659. The van der Waals surface area contributed by atoms with Gasteiger partial charge in [0.05, 0.1) is 0 Å². The monoisotopic (exact) mass is 165 g/mol. The van der Waals surface area contributed by atoms with Crippen LogP contribution < -0.4 is 0 Å². The third-order valence-corrected chi connectivity index (χ3v) is 1.74. The molecule has 2 heteroatoms. The average molecular weight is 165 g/mol. The molecule has 58 valence electrons. The molecule has 0 amide bonds. The fourth-order valence-corrected chi connectivity index (χ4v) is 0.933. The Hall–Kier alpha value is -0.890. The molecule has 0 N–H and O–H groups in total. The van der Waals surface area contributed by atoms with Crippen molar-refractivity contribution < 1.29 is 0 Å². The van der Waals surface area contributed by atoms with Crippen LogP contribution in [-0.2, 0) is 0 Å². The number of benzene rings is 1. The second kappa shape index (κ2) is 3.49. The zero-order valence-corrected chi connectivity index (χ0v) is 7.38. The molecule has 0 aliphatic heterocycles. The highest BCUT2D eigenvalue weighted by molar-refractivity contribution is 7.78. The van der Waals surface area contributed by atoms with Crippen molar-refractivity contribution in [2.24, 2.45) is 0 Å². The van der Waals surface area contributed by atoms with Gasteiger partial charge in [-0.2, -0.15) is 0 Å². The van der Waals surface area contributed by atoms with Crippen molar-refractivity contribution in [3.8, 4) is 0 Å². The summed E-state index contributed by atoms with van der Waals surface area (Å²) in [6.45, 7) is 3.87. The minimum absolute atomic E-state index is 0.911. The van der Waals surface area contributed by atoms with E-state index in [1.54, 1.807) is 4.31 Å². The Kier molecular flexibility index (Phi) is 2.60. The molecule has 0 bridgehead atoms. The molecule has 1 aromatic carbocycles. The maximum atomic E-state index is 4.14. The standard InChI is InChI=1S/C9H11NS/c1-8(10(2)11)9-6-4-3-5-7-9/h3-7,11H,1H2,2H3. The SMILES string of the molecule is C=C(c1ccccc1)N(C)S. The Bertz CT molecular complexity index is 241. The molecule has 0 saturated carbocycles. The summed E-state index contributed by atoms with van der Waals surface area (Å²) in [7, 11) is 1.86. The van der Waals surface area contributed by atoms with Gasteiger partial charge in [-0.15, -0.1) is 0 Å². The summed E-state index contributed by atoms with van der Waals surface area (Å²) in [4.78, 5) is 0. The van der Waals surface area contributed by atoms with Gasteiger partial charge in [0, 0.05) is 12.7 Å². The second-order valence-corrected chi connectivity index (χ2v) is 2.94. The van der Waals surface area contributed by atoms with Crippen LogP contribution in [0.1, 0.15) is 5.56 Å². The van der Waals surface area contributed by atoms with Gasteiger partial charge in [-0.1, -0.05) is 49.7 Å². The fraction of sp³-hybridized carbons (Fsp3) is 0.111. The molecule has 0 fully saturated rings. The van der Waals surface area contributed by atoms with Crippen LogP contribution in [0.3, 0.4) is 0 Å². The summed E-state index contributed by atoms with van der Waals surface area (Å²) in [6, 6.07) is 9.97. The van der Waals surface area contributed by atoms with Crippen molar-refractivity contribution in [2.45, 2.75) is 0 Å². The third kappa shape index (κ3) is 2.02. The molecule has 11 heavy (non-hydrogen) atoms. The van der Waals surface area contributed by atoms with Crippen LogP contribution in [0.25, 0.3) is 5.70 Å². The molecule has 0 spiro atoms. The Labute approximate surface area is 72.9 Å². The summed E-state index contributed by atoms with van der Waals surface area (Å²) < 4.78 is 1.70. The zero-order valence-electron chi connectivity index (χ0n) is 6.49. The van der Waals surface area contributed by atoms with Gasteiger partial charge in [-0.3, -0.25) is 0 Å². The van der Waals surface area contributed by atoms with Crippen molar-refractivity contribution in [1.29, 1.82) is 0 Å². The highest BCUT2D eigenvalue weighted by Gasteiger charge is 1.98. The predicted molar refractivity (Wildman–Crippen MR) is 52.2 cm³/mol. The first kappa shape index (κ1) is 8.21. The number of rotatable bonds is 2. The highest BCUT2D eigenvalue weighted by Crippen LogP contribution is 2.15. The number of hydrogen-bond donors (Lipinski definition) is 1. The molecule has 0 aliphatic carbocycles. The van der Waals surface area contributed by atoms with Crippen molar-refractivity contribution in [3.63, 3.8) is 0 Å². The van der Waals surface area contributed by atoms with E-state index in [9.17, 15) is 0 Å². The van der Waals surface area contributed by atoms with Crippen molar-refractivity contribution in [3.05, 3.63) is 42.5 Å². The normalized spacial score (nSPS) is 9.27. The van der Waals surface area contributed by atoms with E-state index in [0.717, 1.165) is 11.3 Å². The van der Waals surface area contributed by atoms with Crippen LogP contribution in [0, 0.1) is 0 Å². The van der Waals surface area contributed by atoms with Crippen molar-refractivity contribution >= 4 is 18.5 Å². The van der Waals surface area contributed by atoms with Crippen LogP contribution in [0.5, 0.6) is 0 Å². The van der Waals surface area contributed by atoms with Gasteiger partial charge in [0.25, 0.3) is 0 Å². The summed E-state index contributed by atoms with van der Waals surface area (Å²) in [6.07, 6.45) is 0. The molecule has 0 unspecified atom stereocenters. The summed E-state index contributed by atoms with van der Waals surface area (Å²) in [5.41, 5.74) is 2.01. The van der Waals surface area contributed by atoms with E-state index in [0.29, 0.717) is 0 Å². The van der Waals surface area contributed by atoms with Crippen molar-refractivity contribution in [2.75, 3.05) is 7.05 Å². The van der Waals surface area contributed by atoms with Crippen LogP contribution in [-0.4, -0.2) is 11.4 Å². The topological polar surface area (TPSA) is 3.24 Å². The molecule has 0 aromatic heterocycles. The van der Waals surface area contributed by atoms with Crippen LogP contribution in [0.2, 0.25) is 0 Å². The Morgan fingerprint density at radius 3 is 2.36 bits per heavy atom. The number of hydrogen-bond acceptors (Lipinski definition) is 2. The average Bonchev–Trinajstić information content (AvgIpc) is 2.05. The lowest BCUT2D eigenvalue weighted by Crippen LogP contribution is -2.01. The number of nitrogens with zero attached hydrogens (tertiary/aromatic N) is 1. The maximum absolute atomic E-state index is 4.14. The van der Waals surface area contributed by atoms with Crippen LogP contribution in [0.15, 0.2) is 36.9 Å². The minimum Gasteiger partial charge on any atom is -0.322 e. The molecule has 1 nitrogen and oxygen atoms in total. The molecule has 1 rings (SSSR count). The molecule has 0 heterocycles. The van der Waals surface area contributed by atoms with E-state index < -0.39 is 0 Å². The Morgan fingerprint density at radius 2 is 1.91 bits per heavy atom. The lowest BCUT2D eigenvalue weighted by atomic mass is 10.2. The maximum Gasteiger partial charge on any atom is 0.0464 e. The predicted octanol–water partition coefficient (Wildman–Crippen LogP) is 2.43. The second-order valence-electron chi connectivity index (χ2n) is 2.34. The molecule has 0 radical (unpaired) electrons. The summed E-state index contributed by atoms with van der Waals surface area (Å²) >= 11 is 4.14. The molecule has 0 saturated heterocycles. The van der Waals surface area contributed by atoms with Gasteiger partial charge >= 0.3 is 0 Å². The van der Waals surface area contributed by atoms with Gasteiger partial charge in [-0.25, -0.2) is 0 Å². The molecular weight excluding hydrogens is 154 g/mol. The highest BCUT2D eigenvalue weighted by atomic mass is 32.1. The molecular formula is C9H11NS. The largest absolute Gasteiger partial charge is 0.322 e. The van der Waals surface area contributed by atoms with Gasteiger partial charge in [0.15, 0.2) is 0 Å². The van der Waals surface area contributed by atoms with E-state index >= 15 is 0 Å².